The summed E-state index contributed by atoms with van der Waals surface area (Å²) < 4.78 is 5.65. The molecule has 0 spiro atoms. The largest absolute Gasteiger partial charge is 0.480 e. The second-order valence-corrected chi connectivity index (χ2v) is 9.83. The van der Waals surface area contributed by atoms with E-state index in [4.69, 9.17) is 4.74 Å². The quantitative estimate of drug-likeness (QED) is 0.490. The Kier molecular flexibility index (Phi) is 7.73. The van der Waals surface area contributed by atoms with Gasteiger partial charge in [0.2, 0.25) is 5.91 Å². The Hall–Kier alpha value is -3.35. The summed E-state index contributed by atoms with van der Waals surface area (Å²) in [6, 6.07) is 15.4. The molecule has 35 heavy (non-hydrogen) atoms. The first-order valence-electron chi connectivity index (χ1n) is 12.5. The van der Waals surface area contributed by atoms with Crippen LogP contribution < -0.4 is 5.32 Å². The molecule has 0 radical (unpaired) electrons. The number of hydrogen-bond acceptors (Lipinski definition) is 4. The highest BCUT2D eigenvalue weighted by molar-refractivity contribution is 5.88. The molecule has 2 aliphatic carbocycles. The molecule has 0 heterocycles. The topological polar surface area (TPSA) is 95.9 Å². The third kappa shape index (κ3) is 6.02. The highest BCUT2D eigenvalue weighted by Gasteiger charge is 2.34. The van der Waals surface area contributed by atoms with Crippen LogP contribution in [0.5, 0.6) is 0 Å². The summed E-state index contributed by atoms with van der Waals surface area (Å²) in [5.41, 5.74) is 4.52. The second kappa shape index (κ2) is 10.9. The fourth-order valence-electron chi connectivity index (χ4n) is 4.80. The molecule has 186 valence electrons. The lowest BCUT2D eigenvalue weighted by Crippen LogP contribution is -2.51. The highest BCUT2D eigenvalue weighted by atomic mass is 16.5. The predicted octanol–water partition coefficient (Wildman–Crippen LogP) is 4.65. The van der Waals surface area contributed by atoms with Crippen molar-refractivity contribution in [3.63, 3.8) is 0 Å². The van der Waals surface area contributed by atoms with E-state index in [-0.39, 0.29) is 30.9 Å². The van der Waals surface area contributed by atoms with Crippen molar-refractivity contribution in [3.8, 4) is 11.1 Å². The van der Waals surface area contributed by atoms with Gasteiger partial charge in [0.15, 0.2) is 0 Å². The van der Waals surface area contributed by atoms with E-state index in [9.17, 15) is 19.5 Å². The van der Waals surface area contributed by atoms with Gasteiger partial charge in [-0.15, -0.1) is 0 Å². The number of rotatable bonds is 11. The van der Waals surface area contributed by atoms with Gasteiger partial charge in [0, 0.05) is 12.5 Å². The van der Waals surface area contributed by atoms with Gasteiger partial charge in [-0.25, -0.2) is 4.79 Å². The van der Waals surface area contributed by atoms with Gasteiger partial charge in [0.05, 0.1) is 0 Å². The third-order valence-electron chi connectivity index (χ3n) is 7.08. The van der Waals surface area contributed by atoms with Gasteiger partial charge in [0.1, 0.15) is 19.2 Å². The maximum Gasteiger partial charge on any atom is 0.407 e. The van der Waals surface area contributed by atoms with E-state index in [0.29, 0.717) is 18.9 Å². The fourth-order valence-corrected chi connectivity index (χ4v) is 4.80. The Balaban J connectivity index is 1.44. The van der Waals surface area contributed by atoms with Gasteiger partial charge in [0.25, 0.3) is 0 Å². The van der Waals surface area contributed by atoms with Crippen molar-refractivity contribution in [2.75, 3.05) is 19.7 Å². The number of carbonyl (C=O) groups is 3. The molecular weight excluding hydrogens is 444 g/mol. The van der Waals surface area contributed by atoms with Crippen LogP contribution in [0.4, 0.5) is 4.79 Å². The van der Waals surface area contributed by atoms with Crippen LogP contribution >= 0.6 is 0 Å². The predicted molar refractivity (Wildman–Crippen MR) is 133 cm³/mol. The molecule has 0 aliphatic heterocycles. The summed E-state index contributed by atoms with van der Waals surface area (Å²) in [5.74, 6) is -0.951. The molecule has 2 atom stereocenters. The molecular formula is C28H34N2O5. The molecule has 2 aliphatic rings. The zero-order valence-electron chi connectivity index (χ0n) is 20.4. The number of amides is 2. The van der Waals surface area contributed by atoms with Crippen LogP contribution in [-0.4, -0.2) is 53.7 Å². The number of nitrogens with zero attached hydrogens (tertiary/aromatic N) is 1. The minimum Gasteiger partial charge on any atom is -0.480 e. The Morgan fingerprint density at radius 3 is 2.20 bits per heavy atom. The molecule has 0 bridgehead atoms. The molecule has 2 aromatic carbocycles. The van der Waals surface area contributed by atoms with Gasteiger partial charge < -0.3 is 20.1 Å². The number of nitrogens with one attached hydrogen (secondary N) is 1. The summed E-state index contributed by atoms with van der Waals surface area (Å²) in [6.07, 6.45) is 2.62. The van der Waals surface area contributed by atoms with E-state index < -0.39 is 18.1 Å². The minimum absolute atomic E-state index is 0.0738. The lowest BCUT2D eigenvalue weighted by Gasteiger charge is -2.28. The average Bonchev–Trinajstić information content (AvgIpc) is 3.61. The molecule has 2 aromatic rings. The zero-order chi connectivity index (χ0) is 24.9. The number of alkyl carbamates (subject to hydrolysis) is 1. The molecule has 2 unspecified atom stereocenters. The maximum atomic E-state index is 13.3. The third-order valence-corrected chi connectivity index (χ3v) is 7.08. The van der Waals surface area contributed by atoms with Gasteiger partial charge in [-0.1, -0.05) is 68.8 Å². The summed E-state index contributed by atoms with van der Waals surface area (Å²) in [5, 5.41) is 12.1. The summed E-state index contributed by atoms with van der Waals surface area (Å²) in [6.45, 7) is 4.25. The van der Waals surface area contributed by atoms with E-state index >= 15 is 0 Å². The van der Waals surface area contributed by atoms with Crippen molar-refractivity contribution in [2.45, 2.75) is 51.5 Å². The first kappa shape index (κ1) is 24.8. The maximum absolute atomic E-state index is 13.3. The Bertz CT molecular complexity index is 1040. The highest BCUT2D eigenvalue weighted by Crippen LogP contribution is 2.44. The first-order valence-corrected chi connectivity index (χ1v) is 12.5. The van der Waals surface area contributed by atoms with Crippen LogP contribution in [0, 0.1) is 11.8 Å². The van der Waals surface area contributed by atoms with Crippen molar-refractivity contribution in [1.29, 1.82) is 0 Å². The molecule has 2 N–H and O–H groups in total. The molecule has 7 nitrogen and oxygen atoms in total. The minimum atomic E-state index is -1.05. The van der Waals surface area contributed by atoms with Crippen molar-refractivity contribution in [3.05, 3.63) is 59.7 Å². The van der Waals surface area contributed by atoms with E-state index in [1.807, 2.05) is 38.1 Å². The van der Waals surface area contributed by atoms with Crippen molar-refractivity contribution >= 4 is 18.0 Å². The standard InChI is InChI=1S/C28H34N2O5/c1-3-18(2)14-25(27(33)30(16-26(31)32)15-19-12-13-19)29-28(34)35-17-24-22-10-6-4-8-20(22)21-9-5-7-11-23(21)24/h4-11,18-19,24-25H,3,12-17H2,1-2H3,(H,29,34)(H,31,32). The first-order chi connectivity index (χ1) is 16.9. The summed E-state index contributed by atoms with van der Waals surface area (Å²) >= 11 is 0. The molecule has 0 aromatic heterocycles. The zero-order valence-corrected chi connectivity index (χ0v) is 20.4. The lowest BCUT2D eigenvalue weighted by molar-refractivity contribution is -0.145. The van der Waals surface area contributed by atoms with E-state index in [2.05, 4.69) is 29.6 Å². The summed E-state index contributed by atoms with van der Waals surface area (Å²) in [4.78, 5) is 38.9. The number of carboxylic acids is 1. The van der Waals surface area contributed by atoms with Crippen LogP contribution in [-0.2, 0) is 14.3 Å². The number of fused-ring (bicyclic) bond motifs is 3. The number of carbonyl (C=O) groups excluding carboxylic acids is 2. The Morgan fingerprint density at radius 1 is 1.06 bits per heavy atom. The van der Waals surface area contributed by atoms with Crippen LogP contribution in [0.2, 0.25) is 0 Å². The fraction of sp³-hybridized carbons (Fsp3) is 0.464. The molecule has 4 rings (SSSR count). The van der Waals surface area contributed by atoms with Gasteiger partial charge in [-0.3, -0.25) is 9.59 Å². The van der Waals surface area contributed by atoms with Crippen LogP contribution in [0.15, 0.2) is 48.5 Å². The van der Waals surface area contributed by atoms with Crippen LogP contribution in [0.25, 0.3) is 11.1 Å². The molecule has 2 amide bonds. The number of carboxylic acid groups (broad SMARTS) is 1. The summed E-state index contributed by atoms with van der Waals surface area (Å²) in [7, 11) is 0. The van der Waals surface area contributed by atoms with Crippen LogP contribution in [0.3, 0.4) is 0 Å². The van der Waals surface area contributed by atoms with Gasteiger partial charge >= 0.3 is 12.1 Å². The van der Waals surface area contributed by atoms with E-state index in [1.165, 1.54) is 4.90 Å². The molecule has 0 saturated heterocycles. The van der Waals surface area contributed by atoms with Crippen LogP contribution in [0.1, 0.15) is 56.6 Å². The molecule has 1 saturated carbocycles. The van der Waals surface area contributed by atoms with E-state index in [1.54, 1.807) is 0 Å². The second-order valence-electron chi connectivity index (χ2n) is 9.83. The number of benzene rings is 2. The van der Waals surface area contributed by atoms with E-state index in [0.717, 1.165) is 41.5 Å². The SMILES string of the molecule is CCC(C)CC(NC(=O)OCC1c2ccccc2-c2ccccc21)C(=O)N(CC(=O)O)CC1CC1. The Morgan fingerprint density at radius 2 is 1.66 bits per heavy atom. The van der Waals surface area contributed by atoms with Crippen molar-refractivity contribution in [1.82, 2.24) is 10.2 Å². The van der Waals surface area contributed by atoms with Crippen molar-refractivity contribution in [2.24, 2.45) is 11.8 Å². The van der Waals surface area contributed by atoms with Gasteiger partial charge in [-0.05, 0) is 53.4 Å². The smallest absolute Gasteiger partial charge is 0.407 e. The average molecular weight is 479 g/mol. The van der Waals surface area contributed by atoms with Crippen molar-refractivity contribution < 1.29 is 24.2 Å². The number of hydrogen-bond donors (Lipinski definition) is 2. The number of aliphatic carboxylic acids is 1. The monoisotopic (exact) mass is 478 g/mol. The molecule has 1 fully saturated rings. The Labute approximate surface area is 206 Å². The molecule has 7 heteroatoms. The van der Waals surface area contributed by atoms with Gasteiger partial charge in [-0.2, -0.15) is 0 Å². The number of ether oxygens (including phenoxy) is 1. The normalized spacial score (nSPS) is 16.1. The lowest BCUT2D eigenvalue weighted by atomic mass is 9.98.